The number of carbonyl (C=O) groups is 1. The maximum atomic E-state index is 11.2. The first-order valence-electron chi connectivity index (χ1n) is 5.98. The van der Waals surface area contributed by atoms with Crippen molar-refractivity contribution in [3.05, 3.63) is 29.3 Å². The minimum absolute atomic E-state index is 0.417. The van der Waals surface area contributed by atoms with Gasteiger partial charge >= 0.3 is 6.09 Å². The second-order valence-electron chi connectivity index (χ2n) is 4.78. The van der Waals surface area contributed by atoms with Crippen molar-refractivity contribution in [2.75, 3.05) is 7.05 Å². The van der Waals surface area contributed by atoms with Gasteiger partial charge in [-0.05, 0) is 35.1 Å². The maximum Gasteiger partial charge on any atom is 0.412 e. The highest BCUT2D eigenvalue weighted by atomic mass is 16.5. The first-order valence-corrected chi connectivity index (χ1v) is 5.98. The van der Waals surface area contributed by atoms with Crippen molar-refractivity contribution in [3.63, 3.8) is 0 Å². The predicted octanol–water partition coefficient (Wildman–Crippen LogP) is 3.65. The molecule has 0 spiro atoms. The molecule has 1 N–H and O–H groups in total. The fraction of sp³-hybridized carbons (Fsp3) is 0.500. The number of benzene rings is 1. The molecule has 0 fully saturated rings. The summed E-state index contributed by atoms with van der Waals surface area (Å²) in [5, 5.41) is 2.45. The number of carbonyl (C=O) groups excluding carboxylic acids is 1. The number of amides is 1. The minimum atomic E-state index is -0.430. The normalized spacial score (nSPS) is 10.8. The van der Waals surface area contributed by atoms with E-state index in [-0.39, 0.29) is 0 Å². The third-order valence-corrected chi connectivity index (χ3v) is 2.70. The van der Waals surface area contributed by atoms with Crippen LogP contribution in [-0.4, -0.2) is 13.1 Å². The fourth-order valence-electron chi connectivity index (χ4n) is 1.53. The molecule has 0 heterocycles. The van der Waals surface area contributed by atoms with Gasteiger partial charge in [-0.15, -0.1) is 0 Å². The maximum absolute atomic E-state index is 11.2. The summed E-state index contributed by atoms with van der Waals surface area (Å²) in [5.41, 5.74) is 2.38. The Bertz CT molecular complexity index is 371. The van der Waals surface area contributed by atoms with E-state index in [1.807, 2.05) is 12.1 Å². The molecule has 1 aromatic carbocycles. The van der Waals surface area contributed by atoms with E-state index in [1.54, 1.807) is 7.05 Å². The van der Waals surface area contributed by atoms with Crippen LogP contribution in [0.2, 0.25) is 0 Å². The molecule has 0 bridgehead atoms. The topological polar surface area (TPSA) is 38.3 Å². The summed E-state index contributed by atoms with van der Waals surface area (Å²) in [6, 6.07) is 6.02. The van der Waals surface area contributed by atoms with Gasteiger partial charge in [0.05, 0.1) is 0 Å². The standard InChI is InChI=1S/C14H21NO2/c1-9(2)11-6-12(10(3)4)8-13(7-11)17-14(16)15-5/h6-10H,1-5H3,(H,15,16). The quantitative estimate of drug-likeness (QED) is 0.868. The molecule has 3 nitrogen and oxygen atoms in total. The lowest BCUT2D eigenvalue weighted by Crippen LogP contribution is -2.22. The molecule has 94 valence electrons. The molecule has 0 saturated carbocycles. The summed E-state index contributed by atoms with van der Waals surface area (Å²) < 4.78 is 5.20. The molecule has 1 amide bonds. The van der Waals surface area contributed by atoms with Crippen LogP contribution in [0.15, 0.2) is 18.2 Å². The third-order valence-electron chi connectivity index (χ3n) is 2.70. The molecular weight excluding hydrogens is 214 g/mol. The molecule has 0 saturated heterocycles. The number of hydrogen-bond donors (Lipinski definition) is 1. The molecule has 0 aromatic heterocycles. The highest BCUT2D eigenvalue weighted by Gasteiger charge is 2.09. The van der Waals surface area contributed by atoms with Crippen LogP contribution in [0, 0.1) is 0 Å². The Morgan fingerprint density at radius 1 is 1.06 bits per heavy atom. The van der Waals surface area contributed by atoms with Gasteiger partial charge in [-0.25, -0.2) is 4.79 Å². The van der Waals surface area contributed by atoms with E-state index < -0.39 is 6.09 Å². The van der Waals surface area contributed by atoms with Crippen molar-refractivity contribution >= 4 is 6.09 Å². The Labute approximate surface area is 103 Å². The van der Waals surface area contributed by atoms with E-state index in [2.05, 4.69) is 39.1 Å². The van der Waals surface area contributed by atoms with Gasteiger partial charge in [-0.3, -0.25) is 0 Å². The second-order valence-corrected chi connectivity index (χ2v) is 4.78. The molecule has 17 heavy (non-hydrogen) atoms. The largest absolute Gasteiger partial charge is 0.412 e. The second kappa shape index (κ2) is 5.71. The molecule has 0 atom stereocenters. The molecule has 1 aromatic rings. The van der Waals surface area contributed by atoms with E-state index in [0.717, 1.165) is 0 Å². The van der Waals surface area contributed by atoms with Crippen LogP contribution in [-0.2, 0) is 0 Å². The smallest absolute Gasteiger partial charge is 0.410 e. The van der Waals surface area contributed by atoms with Crippen LogP contribution in [0.4, 0.5) is 4.79 Å². The Kier molecular flexibility index (Phi) is 4.55. The van der Waals surface area contributed by atoms with Crippen molar-refractivity contribution in [2.24, 2.45) is 0 Å². The predicted molar refractivity (Wildman–Crippen MR) is 69.7 cm³/mol. The van der Waals surface area contributed by atoms with E-state index in [0.29, 0.717) is 17.6 Å². The lowest BCUT2D eigenvalue weighted by atomic mass is 9.95. The molecule has 0 radical (unpaired) electrons. The Morgan fingerprint density at radius 3 is 1.88 bits per heavy atom. The van der Waals surface area contributed by atoms with Gasteiger partial charge in [0, 0.05) is 7.05 Å². The SMILES string of the molecule is CNC(=O)Oc1cc(C(C)C)cc(C(C)C)c1. The highest BCUT2D eigenvalue weighted by molar-refractivity contribution is 5.70. The molecule has 3 heteroatoms. The van der Waals surface area contributed by atoms with Crippen LogP contribution >= 0.6 is 0 Å². The van der Waals surface area contributed by atoms with Crippen molar-refractivity contribution in [1.29, 1.82) is 0 Å². The number of ether oxygens (including phenoxy) is 1. The zero-order valence-corrected chi connectivity index (χ0v) is 11.2. The minimum Gasteiger partial charge on any atom is -0.410 e. The van der Waals surface area contributed by atoms with E-state index in [9.17, 15) is 4.79 Å². The molecular formula is C14H21NO2. The van der Waals surface area contributed by atoms with Crippen LogP contribution < -0.4 is 10.1 Å². The Hall–Kier alpha value is -1.51. The summed E-state index contributed by atoms with van der Waals surface area (Å²) in [4.78, 5) is 11.2. The summed E-state index contributed by atoms with van der Waals surface area (Å²) in [7, 11) is 1.55. The average molecular weight is 235 g/mol. The van der Waals surface area contributed by atoms with Crippen molar-refractivity contribution in [1.82, 2.24) is 5.32 Å². The zero-order valence-electron chi connectivity index (χ0n) is 11.2. The summed E-state index contributed by atoms with van der Waals surface area (Å²) in [6.07, 6.45) is -0.430. The van der Waals surface area contributed by atoms with Gasteiger partial charge in [-0.1, -0.05) is 33.8 Å². The lowest BCUT2D eigenvalue weighted by Gasteiger charge is -2.14. The first-order chi connectivity index (χ1) is 7.93. The van der Waals surface area contributed by atoms with Gasteiger partial charge in [-0.2, -0.15) is 0 Å². The van der Waals surface area contributed by atoms with Gasteiger partial charge in [0.2, 0.25) is 0 Å². The summed E-state index contributed by atoms with van der Waals surface area (Å²) >= 11 is 0. The van der Waals surface area contributed by atoms with Crippen LogP contribution in [0.25, 0.3) is 0 Å². The molecule has 0 aliphatic heterocycles. The average Bonchev–Trinajstić information content (AvgIpc) is 2.28. The third kappa shape index (κ3) is 3.77. The van der Waals surface area contributed by atoms with Gasteiger partial charge in [0.1, 0.15) is 5.75 Å². The van der Waals surface area contributed by atoms with Crippen molar-refractivity contribution < 1.29 is 9.53 Å². The van der Waals surface area contributed by atoms with Crippen LogP contribution in [0.5, 0.6) is 5.75 Å². The Balaban J connectivity index is 3.08. The highest BCUT2D eigenvalue weighted by Crippen LogP contribution is 2.27. The Morgan fingerprint density at radius 2 is 1.53 bits per heavy atom. The number of rotatable bonds is 3. The molecule has 0 aliphatic carbocycles. The number of nitrogens with one attached hydrogen (secondary N) is 1. The molecule has 1 rings (SSSR count). The van der Waals surface area contributed by atoms with E-state index in [4.69, 9.17) is 4.74 Å². The summed E-state index contributed by atoms with van der Waals surface area (Å²) in [6.45, 7) is 8.51. The molecule has 0 unspecified atom stereocenters. The monoisotopic (exact) mass is 235 g/mol. The van der Waals surface area contributed by atoms with E-state index in [1.165, 1.54) is 11.1 Å². The van der Waals surface area contributed by atoms with Crippen LogP contribution in [0.3, 0.4) is 0 Å². The fourth-order valence-corrected chi connectivity index (χ4v) is 1.53. The first kappa shape index (κ1) is 13.6. The zero-order chi connectivity index (χ0) is 13.0. The van der Waals surface area contributed by atoms with E-state index >= 15 is 0 Å². The van der Waals surface area contributed by atoms with Gasteiger partial charge in [0.15, 0.2) is 0 Å². The summed E-state index contributed by atoms with van der Waals surface area (Å²) in [5.74, 6) is 1.45. The van der Waals surface area contributed by atoms with Crippen molar-refractivity contribution in [2.45, 2.75) is 39.5 Å². The number of hydrogen-bond acceptors (Lipinski definition) is 2. The molecule has 0 aliphatic rings. The van der Waals surface area contributed by atoms with Crippen molar-refractivity contribution in [3.8, 4) is 5.75 Å². The lowest BCUT2D eigenvalue weighted by molar-refractivity contribution is 0.203. The van der Waals surface area contributed by atoms with Crippen LogP contribution in [0.1, 0.15) is 50.7 Å². The van der Waals surface area contributed by atoms with Gasteiger partial charge in [0.25, 0.3) is 0 Å². The van der Waals surface area contributed by atoms with Gasteiger partial charge < -0.3 is 10.1 Å².